The number of aliphatic hydroxyl groups is 1. The normalized spacial score (nSPS) is 11.0. The number of aromatic nitrogens is 1. The van der Waals surface area contributed by atoms with E-state index in [1.807, 2.05) is 12.1 Å². The fourth-order valence-electron chi connectivity index (χ4n) is 2.99. The van der Waals surface area contributed by atoms with Crippen molar-refractivity contribution in [3.05, 3.63) is 58.1 Å². The molecule has 33 heavy (non-hydrogen) atoms. The first-order valence-corrected chi connectivity index (χ1v) is 11.2. The van der Waals surface area contributed by atoms with Crippen LogP contribution in [0.25, 0.3) is 10.6 Å². The maximum Gasteiger partial charge on any atom is 0.267 e. The van der Waals surface area contributed by atoms with Crippen molar-refractivity contribution >= 4 is 34.5 Å². The Labute approximate surface area is 201 Å². The van der Waals surface area contributed by atoms with Crippen LogP contribution in [0.2, 0.25) is 5.02 Å². The Kier molecular flexibility index (Phi) is 9.04. The monoisotopic (exact) mass is 492 g/mol. The van der Waals surface area contributed by atoms with Crippen molar-refractivity contribution in [2.75, 3.05) is 39.9 Å². The van der Waals surface area contributed by atoms with Crippen LogP contribution in [0, 0.1) is 0 Å². The third-order valence-corrected chi connectivity index (χ3v) is 6.03. The second kappa shape index (κ2) is 12.0. The van der Waals surface area contributed by atoms with Crippen LogP contribution in [0.5, 0.6) is 11.5 Å². The number of carbonyl (C=O) groups excluding carboxylic acids is 1. The summed E-state index contributed by atoms with van der Waals surface area (Å²) in [4.78, 5) is 18.0. The molecule has 0 bridgehead atoms. The molecule has 10 heteroatoms. The minimum absolute atomic E-state index is 0.122. The Morgan fingerprint density at radius 1 is 1.15 bits per heavy atom. The molecule has 2 N–H and O–H groups in total. The van der Waals surface area contributed by atoms with Crippen molar-refractivity contribution in [2.45, 2.75) is 12.7 Å². The molecular formula is C23H25ClN2O6S. The van der Waals surface area contributed by atoms with E-state index < -0.39 is 6.29 Å². The first-order chi connectivity index (χ1) is 16.0. The number of hydrogen-bond acceptors (Lipinski definition) is 8. The molecule has 0 unspecified atom stereocenters. The summed E-state index contributed by atoms with van der Waals surface area (Å²) in [6.45, 7) is 0.0511. The summed E-state index contributed by atoms with van der Waals surface area (Å²) >= 11 is 7.33. The molecule has 1 aromatic heterocycles. The third kappa shape index (κ3) is 6.43. The highest BCUT2D eigenvalue weighted by molar-refractivity contribution is 7.17. The fraction of sp³-hybridized carbons (Fsp3) is 0.304. The van der Waals surface area contributed by atoms with Gasteiger partial charge in [0.15, 0.2) is 17.8 Å². The van der Waals surface area contributed by atoms with Crippen LogP contribution >= 0.6 is 22.9 Å². The van der Waals surface area contributed by atoms with Gasteiger partial charge in [-0.05, 0) is 24.3 Å². The molecular weight excluding hydrogens is 468 g/mol. The van der Waals surface area contributed by atoms with Crippen LogP contribution in [0.3, 0.4) is 0 Å². The first-order valence-electron chi connectivity index (χ1n) is 10.0. The van der Waals surface area contributed by atoms with Crippen molar-refractivity contribution in [1.29, 1.82) is 0 Å². The summed E-state index contributed by atoms with van der Waals surface area (Å²) in [6.07, 6.45) is -0.255. The molecule has 8 nitrogen and oxygen atoms in total. The van der Waals surface area contributed by atoms with Crippen molar-refractivity contribution in [3.8, 4) is 22.1 Å². The number of hydrogen-bond donors (Lipinski definition) is 2. The van der Waals surface area contributed by atoms with Gasteiger partial charge in [-0.1, -0.05) is 23.7 Å². The molecule has 0 aliphatic rings. The average Bonchev–Trinajstić information content (AvgIpc) is 3.25. The Balaban J connectivity index is 1.80. The van der Waals surface area contributed by atoms with Crippen LogP contribution in [-0.2, 0) is 15.9 Å². The number of halogens is 1. The van der Waals surface area contributed by atoms with Gasteiger partial charge >= 0.3 is 0 Å². The van der Waals surface area contributed by atoms with Crippen LogP contribution in [0.15, 0.2) is 42.5 Å². The van der Waals surface area contributed by atoms with E-state index in [-0.39, 0.29) is 25.5 Å². The summed E-state index contributed by atoms with van der Waals surface area (Å²) in [5, 5.41) is 13.5. The van der Waals surface area contributed by atoms with E-state index in [0.29, 0.717) is 37.8 Å². The van der Waals surface area contributed by atoms with Gasteiger partial charge in [0.2, 0.25) is 0 Å². The molecule has 0 saturated heterocycles. The number of amides is 1. The average molecular weight is 493 g/mol. The van der Waals surface area contributed by atoms with Gasteiger partial charge in [0.1, 0.15) is 16.5 Å². The van der Waals surface area contributed by atoms with Gasteiger partial charge < -0.3 is 29.4 Å². The Hall–Kier alpha value is -2.69. The third-order valence-electron chi connectivity index (χ3n) is 4.65. The van der Waals surface area contributed by atoms with Gasteiger partial charge in [0.25, 0.3) is 5.91 Å². The van der Waals surface area contributed by atoms with E-state index in [1.54, 1.807) is 30.3 Å². The smallest absolute Gasteiger partial charge is 0.267 e. The molecule has 2 aromatic carbocycles. The van der Waals surface area contributed by atoms with Gasteiger partial charge in [0, 0.05) is 49.6 Å². The number of nitrogens with zero attached hydrogens (tertiary/aromatic N) is 1. The fourth-order valence-corrected chi connectivity index (χ4v) is 4.19. The number of nitrogens with one attached hydrogen (secondary N) is 1. The molecule has 0 aliphatic carbocycles. The highest BCUT2D eigenvalue weighted by Gasteiger charge is 2.20. The number of benzene rings is 2. The molecule has 176 valence electrons. The lowest BCUT2D eigenvalue weighted by atomic mass is 10.2. The summed E-state index contributed by atoms with van der Waals surface area (Å²) < 4.78 is 21.3. The zero-order valence-corrected chi connectivity index (χ0v) is 20.0. The number of anilines is 1. The number of rotatable bonds is 11. The lowest BCUT2D eigenvalue weighted by Crippen LogP contribution is -2.22. The first kappa shape index (κ1) is 24.9. The molecule has 1 heterocycles. The van der Waals surface area contributed by atoms with Crippen molar-refractivity contribution in [1.82, 2.24) is 4.98 Å². The summed E-state index contributed by atoms with van der Waals surface area (Å²) in [5.74, 6) is 0.591. The van der Waals surface area contributed by atoms with Crippen molar-refractivity contribution in [2.24, 2.45) is 0 Å². The van der Waals surface area contributed by atoms with Crippen LogP contribution in [-0.4, -0.2) is 56.8 Å². The van der Waals surface area contributed by atoms with Crippen molar-refractivity contribution in [3.63, 3.8) is 0 Å². The van der Waals surface area contributed by atoms with E-state index >= 15 is 0 Å². The Bertz CT molecular complexity index is 1090. The quantitative estimate of drug-likeness (QED) is 0.386. The summed E-state index contributed by atoms with van der Waals surface area (Å²) in [7, 11) is 4.56. The molecule has 0 radical (unpaired) electrons. The molecule has 0 aliphatic heterocycles. The highest BCUT2D eigenvalue weighted by Crippen LogP contribution is 2.33. The zero-order chi connectivity index (χ0) is 23.8. The predicted molar refractivity (Wildman–Crippen MR) is 128 cm³/mol. The molecule has 3 rings (SSSR count). The predicted octanol–water partition coefficient (Wildman–Crippen LogP) is 4.26. The topological polar surface area (TPSA) is 99.1 Å². The second-order valence-electron chi connectivity index (χ2n) is 6.81. The van der Waals surface area contributed by atoms with Gasteiger partial charge in [-0.3, -0.25) is 4.79 Å². The number of ether oxygens (including phenoxy) is 4. The summed E-state index contributed by atoms with van der Waals surface area (Å²) in [5.41, 5.74) is 1.85. The number of methoxy groups -OCH3 is 3. The zero-order valence-electron chi connectivity index (χ0n) is 18.5. The molecule has 1 amide bonds. The minimum Gasteiger partial charge on any atom is -0.493 e. The Morgan fingerprint density at radius 3 is 2.61 bits per heavy atom. The lowest BCUT2D eigenvalue weighted by molar-refractivity contribution is -0.122. The molecule has 0 fully saturated rings. The van der Waals surface area contributed by atoms with Crippen LogP contribution in [0.4, 0.5) is 5.69 Å². The van der Waals surface area contributed by atoms with Crippen LogP contribution in [0.1, 0.15) is 15.4 Å². The number of aliphatic hydroxyl groups excluding tert-OH is 1. The van der Waals surface area contributed by atoms with Gasteiger partial charge in [-0.15, -0.1) is 11.3 Å². The maximum atomic E-state index is 13.0. The largest absolute Gasteiger partial charge is 0.493 e. The standard InChI is InChI=1S/C23H25ClN2O6S/c1-29-19-12-16(7-8-18(19)32-13-20(30-2)31-3)25-22(28)21-17(9-10-27)26-23(33-21)14-5-4-6-15(24)11-14/h4-8,11-12,20,27H,9-10,13H2,1-3H3,(H,25,28). The number of carbonyl (C=O) groups is 1. The molecule has 0 spiro atoms. The van der Waals surface area contributed by atoms with Crippen LogP contribution < -0.4 is 14.8 Å². The maximum absolute atomic E-state index is 13.0. The minimum atomic E-state index is -0.515. The molecule has 0 atom stereocenters. The SMILES string of the molecule is COc1cc(NC(=O)c2sc(-c3cccc(Cl)c3)nc2CCO)ccc1OCC(OC)OC. The van der Waals surface area contributed by atoms with Gasteiger partial charge in [-0.25, -0.2) is 4.98 Å². The van der Waals surface area contributed by atoms with Crippen molar-refractivity contribution < 1.29 is 28.8 Å². The second-order valence-corrected chi connectivity index (χ2v) is 8.25. The van der Waals surface area contributed by atoms with E-state index in [2.05, 4.69) is 10.3 Å². The number of thiazole rings is 1. The lowest BCUT2D eigenvalue weighted by Gasteiger charge is -2.16. The molecule has 0 saturated carbocycles. The van der Waals surface area contributed by atoms with Gasteiger partial charge in [-0.2, -0.15) is 0 Å². The van der Waals surface area contributed by atoms with E-state index in [4.69, 9.17) is 30.5 Å². The van der Waals surface area contributed by atoms with E-state index in [0.717, 1.165) is 5.56 Å². The Morgan fingerprint density at radius 2 is 1.94 bits per heavy atom. The van der Waals surface area contributed by atoms with Gasteiger partial charge in [0.05, 0.1) is 12.8 Å². The molecule has 3 aromatic rings. The highest BCUT2D eigenvalue weighted by atomic mass is 35.5. The summed E-state index contributed by atoms with van der Waals surface area (Å²) in [6, 6.07) is 12.3. The van der Waals surface area contributed by atoms with E-state index in [1.165, 1.54) is 32.7 Å². The van der Waals surface area contributed by atoms with E-state index in [9.17, 15) is 9.90 Å².